The molecule has 1 unspecified atom stereocenters. The highest BCUT2D eigenvalue weighted by molar-refractivity contribution is 7.80. The number of hydrogen-bond acceptors (Lipinski definition) is 3. The van der Waals surface area contributed by atoms with Gasteiger partial charge in [-0.2, -0.15) is 0 Å². The molecule has 0 fully saturated rings. The number of carbonyl (C=O) groups is 1. The van der Waals surface area contributed by atoms with Gasteiger partial charge in [0.1, 0.15) is 5.92 Å². The lowest BCUT2D eigenvalue weighted by Crippen LogP contribution is -2.36. The molecule has 2 rings (SSSR count). The first kappa shape index (κ1) is 15.2. The summed E-state index contributed by atoms with van der Waals surface area (Å²) in [7, 11) is 0. The lowest BCUT2D eigenvalue weighted by molar-refractivity contribution is -0.121. The summed E-state index contributed by atoms with van der Waals surface area (Å²) in [6.45, 7) is 1.38. The molecule has 0 aliphatic rings. The zero-order valence-corrected chi connectivity index (χ0v) is 12.4. The van der Waals surface area contributed by atoms with Gasteiger partial charge in [-0.1, -0.05) is 42.5 Å². The lowest BCUT2D eigenvalue weighted by Gasteiger charge is -2.16. The van der Waals surface area contributed by atoms with Crippen LogP contribution in [0.5, 0.6) is 0 Å². The van der Waals surface area contributed by atoms with Crippen molar-refractivity contribution in [2.45, 2.75) is 18.9 Å². The van der Waals surface area contributed by atoms with E-state index in [1.165, 1.54) is 0 Å². The molecule has 0 aliphatic carbocycles. The average Bonchev–Trinajstić information content (AvgIpc) is 2.98. The molecule has 5 nitrogen and oxygen atoms in total. The molecule has 21 heavy (non-hydrogen) atoms. The molecular formula is C15H18N4OS. The lowest BCUT2D eigenvalue weighted by atomic mass is 9.98. The van der Waals surface area contributed by atoms with Gasteiger partial charge in [0.25, 0.3) is 0 Å². The first-order valence-electron chi connectivity index (χ1n) is 6.76. The molecule has 0 saturated heterocycles. The number of nitrogens with zero attached hydrogens (tertiary/aromatic N) is 2. The van der Waals surface area contributed by atoms with Crippen LogP contribution in [-0.4, -0.2) is 27.0 Å². The number of carbonyl (C=O) groups excluding carboxylic acids is 1. The number of thiocarbonyl (C=S) groups is 1. The van der Waals surface area contributed by atoms with Crippen LogP contribution in [0.2, 0.25) is 0 Å². The van der Waals surface area contributed by atoms with Crippen molar-refractivity contribution in [3.8, 4) is 0 Å². The van der Waals surface area contributed by atoms with E-state index < -0.39 is 5.92 Å². The summed E-state index contributed by atoms with van der Waals surface area (Å²) in [6.07, 6.45) is 6.20. The summed E-state index contributed by atoms with van der Waals surface area (Å²) in [4.78, 5) is 16.4. The number of hydrogen-bond donors (Lipinski definition) is 2. The summed E-state index contributed by atoms with van der Waals surface area (Å²) in [5.41, 5.74) is 6.53. The summed E-state index contributed by atoms with van der Waals surface area (Å²) >= 11 is 5.02. The number of aryl methyl sites for hydroxylation is 1. The van der Waals surface area contributed by atoms with Crippen molar-refractivity contribution in [3.63, 3.8) is 0 Å². The molecule has 0 aliphatic heterocycles. The third-order valence-electron chi connectivity index (χ3n) is 3.13. The molecule has 1 amide bonds. The summed E-state index contributed by atoms with van der Waals surface area (Å²) < 4.78 is 1.97. The fraction of sp³-hybridized carbons (Fsp3) is 0.267. The monoisotopic (exact) mass is 302 g/mol. The number of nitrogens with two attached hydrogens (primary N) is 1. The normalized spacial score (nSPS) is 11.8. The van der Waals surface area contributed by atoms with Crippen LogP contribution in [0, 0.1) is 0 Å². The van der Waals surface area contributed by atoms with E-state index in [2.05, 4.69) is 10.3 Å². The van der Waals surface area contributed by atoms with Gasteiger partial charge in [0.2, 0.25) is 5.91 Å². The van der Waals surface area contributed by atoms with Crippen LogP contribution < -0.4 is 11.1 Å². The Morgan fingerprint density at radius 3 is 2.76 bits per heavy atom. The molecule has 0 spiro atoms. The molecule has 1 aromatic carbocycles. The molecule has 1 aromatic heterocycles. The minimum Gasteiger partial charge on any atom is -0.392 e. The van der Waals surface area contributed by atoms with Gasteiger partial charge in [-0.3, -0.25) is 4.79 Å². The predicted molar refractivity (Wildman–Crippen MR) is 85.8 cm³/mol. The second-order valence-corrected chi connectivity index (χ2v) is 5.16. The van der Waals surface area contributed by atoms with Crippen molar-refractivity contribution in [1.29, 1.82) is 0 Å². The molecule has 2 aromatic rings. The van der Waals surface area contributed by atoms with Crippen molar-refractivity contribution >= 4 is 23.1 Å². The highest BCUT2D eigenvalue weighted by Gasteiger charge is 2.22. The standard InChI is InChI=1S/C15H18N4OS/c16-14(21)13(12-5-2-1-3-6-12)15(20)18-7-4-9-19-10-8-17-11-19/h1-3,5-6,8,10-11,13H,4,7,9H2,(H2,16,21)(H,18,20). The largest absolute Gasteiger partial charge is 0.392 e. The van der Waals surface area contributed by atoms with E-state index >= 15 is 0 Å². The number of rotatable bonds is 7. The third kappa shape index (κ3) is 4.39. The van der Waals surface area contributed by atoms with Gasteiger partial charge in [-0.05, 0) is 12.0 Å². The maximum atomic E-state index is 12.2. The van der Waals surface area contributed by atoms with Crippen molar-refractivity contribution in [2.24, 2.45) is 5.73 Å². The van der Waals surface area contributed by atoms with Crippen molar-refractivity contribution in [1.82, 2.24) is 14.9 Å². The minimum atomic E-state index is -0.575. The number of amides is 1. The van der Waals surface area contributed by atoms with E-state index in [0.29, 0.717) is 6.54 Å². The van der Waals surface area contributed by atoms with Crippen LogP contribution in [0.15, 0.2) is 49.1 Å². The fourth-order valence-electron chi connectivity index (χ4n) is 2.08. The van der Waals surface area contributed by atoms with E-state index in [-0.39, 0.29) is 10.9 Å². The molecule has 0 bridgehead atoms. The summed E-state index contributed by atoms with van der Waals surface area (Å²) in [5.74, 6) is -0.728. The molecule has 110 valence electrons. The number of imidazole rings is 1. The first-order chi connectivity index (χ1) is 10.2. The maximum Gasteiger partial charge on any atom is 0.234 e. The number of benzene rings is 1. The smallest absolute Gasteiger partial charge is 0.234 e. The van der Waals surface area contributed by atoms with Crippen molar-refractivity contribution < 1.29 is 4.79 Å². The Labute approximate surface area is 129 Å². The van der Waals surface area contributed by atoms with E-state index in [1.807, 2.05) is 41.1 Å². The van der Waals surface area contributed by atoms with Crippen LogP contribution in [0.25, 0.3) is 0 Å². The quantitative estimate of drug-likeness (QED) is 0.600. The van der Waals surface area contributed by atoms with Crippen LogP contribution in [0.1, 0.15) is 17.9 Å². The van der Waals surface area contributed by atoms with Crippen LogP contribution >= 0.6 is 12.2 Å². The highest BCUT2D eigenvalue weighted by atomic mass is 32.1. The van der Waals surface area contributed by atoms with Crippen LogP contribution in [0.4, 0.5) is 0 Å². The fourth-order valence-corrected chi connectivity index (χ4v) is 2.33. The van der Waals surface area contributed by atoms with Crippen LogP contribution in [0.3, 0.4) is 0 Å². The van der Waals surface area contributed by atoms with Gasteiger partial charge in [-0.15, -0.1) is 0 Å². The van der Waals surface area contributed by atoms with E-state index in [9.17, 15) is 4.79 Å². The molecule has 0 radical (unpaired) electrons. The van der Waals surface area contributed by atoms with Crippen molar-refractivity contribution in [2.75, 3.05) is 6.54 Å². The van der Waals surface area contributed by atoms with Crippen molar-refractivity contribution in [3.05, 3.63) is 54.6 Å². The van der Waals surface area contributed by atoms with Gasteiger partial charge in [0, 0.05) is 25.5 Å². The van der Waals surface area contributed by atoms with Gasteiger partial charge < -0.3 is 15.6 Å². The number of aromatic nitrogens is 2. The van der Waals surface area contributed by atoms with Crippen LogP contribution in [-0.2, 0) is 11.3 Å². The summed E-state index contributed by atoms with van der Waals surface area (Å²) in [6, 6.07) is 9.34. The SMILES string of the molecule is NC(=S)C(C(=O)NCCCn1ccnc1)c1ccccc1. The van der Waals surface area contributed by atoms with E-state index in [0.717, 1.165) is 18.5 Å². The maximum absolute atomic E-state index is 12.2. The second-order valence-electron chi connectivity index (χ2n) is 4.69. The predicted octanol–water partition coefficient (Wildman–Crippen LogP) is 1.46. The third-order valence-corrected chi connectivity index (χ3v) is 3.37. The topological polar surface area (TPSA) is 72.9 Å². The Kier molecular flexibility index (Phi) is 5.45. The zero-order chi connectivity index (χ0) is 15.1. The Morgan fingerprint density at radius 1 is 1.38 bits per heavy atom. The van der Waals surface area contributed by atoms with E-state index in [1.54, 1.807) is 12.5 Å². The van der Waals surface area contributed by atoms with Gasteiger partial charge >= 0.3 is 0 Å². The Balaban J connectivity index is 1.86. The van der Waals surface area contributed by atoms with Gasteiger partial charge in [0.15, 0.2) is 0 Å². The Bertz CT molecular complexity index is 583. The summed E-state index contributed by atoms with van der Waals surface area (Å²) in [5, 5.41) is 2.88. The molecular weight excluding hydrogens is 284 g/mol. The zero-order valence-electron chi connectivity index (χ0n) is 11.6. The van der Waals surface area contributed by atoms with E-state index in [4.69, 9.17) is 18.0 Å². The van der Waals surface area contributed by atoms with Gasteiger partial charge in [0.05, 0.1) is 11.3 Å². The molecule has 1 atom stereocenters. The average molecular weight is 302 g/mol. The molecule has 3 N–H and O–H groups in total. The second kappa shape index (κ2) is 7.54. The first-order valence-corrected chi connectivity index (χ1v) is 7.17. The Morgan fingerprint density at radius 2 is 2.14 bits per heavy atom. The highest BCUT2D eigenvalue weighted by Crippen LogP contribution is 2.16. The van der Waals surface area contributed by atoms with Gasteiger partial charge in [-0.25, -0.2) is 4.98 Å². The Hall–Kier alpha value is -2.21. The molecule has 1 heterocycles. The molecule has 6 heteroatoms. The minimum absolute atomic E-state index is 0.153. The number of nitrogens with one attached hydrogen (secondary N) is 1. The molecule has 0 saturated carbocycles.